The Bertz CT molecular complexity index is 846. The van der Waals surface area contributed by atoms with Crippen LogP contribution in [0.3, 0.4) is 0 Å². The maximum Gasteiger partial charge on any atom is 0.240 e. The molecule has 0 aliphatic carbocycles. The lowest BCUT2D eigenvalue weighted by Crippen LogP contribution is -2.18. The number of carbonyl (C=O) groups is 1. The lowest BCUT2D eigenvalue weighted by atomic mass is 10.1. The van der Waals surface area contributed by atoms with E-state index in [1.54, 1.807) is 19.2 Å². The van der Waals surface area contributed by atoms with Gasteiger partial charge in [-0.2, -0.15) is 0 Å². The molecule has 0 saturated carbocycles. The first-order valence-corrected chi connectivity index (χ1v) is 9.31. The van der Waals surface area contributed by atoms with Crippen molar-refractivity contribution in [2.75, 3.05) is 19.5 Å². The summed E-state index contributed by atoms with van der Waals surface area (Å²) in [6.45, 7) is 1.94. The van der Waals surface area contributed by atoms with Gasteiger partial charge >= 0.3 is 0 Å². The molecular weight excluding hydrogens is 340 g/mol. The van der Waals surface area contributed by atoms with Crippen molar-refractivity contribution in [1.82, 2.24) is 4.72 Å². The number of methoxy groups -OCH3 is 1. The Morgan fingerprint density at radius 1 is 1.12 bits per heavy atom. The van der Waals surface area contributed by atoms with Crippen LogP contribution >= 0.6 is 0 Å². The van der Waals surface area contributed by atoms with Gasteiger partial charge in [0, 0.05) is 6.42 Å². The van der Waals surface area contributed by atoms with Gasteiger partial charge in [0.2, 0.25) is 15.9 Å². The van der Waals surface area contributed by atoms with Crippen LogP contribution in [0.2, 0.25) is 0 Å². The van der Waals surface area contributed by atoms with Crippen LogP contribution < -0.4 is 14.8 Å². The smallest absolute Gasteiger partial charge is 0.240 e. The number of ether oxygens (including phenoxy) is 1. The summed E-state index contributed by atoms with van der Waals surface area (Å²) in [6.07, 6.45) is 0.801. The minimum Gasteiger partial charge on any atom is -0.495 e. The second kappa shape index (κ2) is 8.13. The summed E-state index contributed by atoms with van der Waals surface area (Å²) >= 11 is 0. The van der Waals surface area contributed by atoms with Crippen LogP contribution in [-0.4, -0.2) is 28.5 Å². The third-order valence-corrected chi connectivity index (χ3v) is 5.20. The minimum absolute atomic E-state index is 0.129. The molecule has 7 heteroatoms. The summed E-state index contributed by atoms with van der Waals surface area (Å²) in [4.78, 5) is 12.4. The maximum atomic E-state index is 12.2. The SMILES string of the molecule is CNS(=O)(=O)c1ccc(CCC(=O)Nc2cc(C)ccc2OC)cc1. The van der Waals surface area contributed by atoms with Gasteiger partial charge in [-0.25, -0.2) is 13.1 Å². The zero-order chi connectivity index (χ0) is 18.4. The van der Waals surface area contributed by atoms with E-state index >= 15 is 0 Å². The lowest BCUT2D eigenvalue weighted by molar-refractivity contribution is -0.116. The molecule has 6 nitrogen and oxygen atoms in total. The van der Waals surface area contributed by atoms with E-state index < -0.39 is 10.0 Å². The number of hydrogen-bond donors (Lipinski definition) is 2. The van der Waals surface area contributed by atoms with Crippen LogP contribution in [0, 0.1) is 6.92 Å². The fourth-order valence-electron chi connectivity index (χ4n) is 2.34. The average molecular weight is 362 g/mol. The Labute approximate surface area is 148 Å². The molecule has 0 heterocycles. The topological polar surface area (TPSA) is 84.5 Å². The van der Waals surface area contributed by atoms with Gasteiger partial charge in [0.05, 0.1) is 17.7 Å². The molecule has 0 atom stereocenters. The van der Waals surface area contributed by atoms with Gasteiger partial charge in [-0.3, -0.25) is 4.79 Å². The molecule has 0 spiro atoms. The summed E-state index contributed by atoms with van der Waals surface area (Å²) in [7, 11) is -0.517. The monoisotopic (exact) mass is 362 g/mol. The van der Waals surface area contributed by atoms with E-state index in [9.17, 15) is 13.2 Å². The second-order valence-electron chi connectivity index (χ2n) is 5.60. The quantitative estimate of drug-likeness (QED) is 0.792. The number of carbonyl (C=O) groups excluding carboxylic acids is 1. The number of hydrogen-bond acceptors (Lipinski definition) is 4. The van der Waals surface area contributed by atoms with Crippen molar-refractivity contribution in [1.29, 1.82) is 0 Å². The molecule has 2 rings (SSSR count). The number of amides is 1. The fraction of sp³-hybridized carbons (Fsp3) is 0.278. The molecule has 2 aromatic rings. The number of benzene rings is 2. The molecule has 0 radical (unpaired) electrons. The third-order valence-electron chi connectivity index (χ3n) is 3.77. The Morgan fingerprint density at radius 3 is 2.40 bits per heavy atom. The zero-order valence-corrected chi connectivity index (χ0v) is 15.3. The van der Waals surface area contributed by atoms with Crippen LogP contribution in [0.25, 0.3) is 0 Å². The van der Waals surface area contributed by atoms with Crippen molar-refractivity contribution in [3.63, 3.8) is 0 Å². The van der Waals surface area contributed by atoms with Crippen LogP contribution in [-0.2, 0) is 21.2 Å². The summed E-state index contributed by atoms with van der Waals surface area (Å²) in [5.74, 6) is 0.483. The van der Waals surface area contributed by atoms with Crippen LogP contribution in [0.4, 0.5) is 5.69 Å². The number of anilines is 1. The Balaban J connectivity index is 1.98. The molecule has 2 N–H and O–H groups in total. The molecule has 0 aliphatic rings. The zero-order valence-electron chi connectivity index (χ0n) is 14.5. The molecular formula is C18H22N2O4S. The van der Waals surface area contributed by atoms with Crippen molar-refractivity contribution in [2.24, 2.45) is 0 Å². The average Bonchev–Trinajstić information content (AvgIpc) is 2.60. The maximum absolute atomic E-state index is 12.2. The summed E-state index contributed by atoms with van der Waals surface area (Å²) in [5, 5.41) is 2.85. The van der Waals surface area contributed by atoms with Gasteiger partial charge in [0.15, 0.2) is 0 Å². The first kappa shape index (κ1) is 19.0. The van der Waals surface area contributed by atoms with E-state index in [4.69, 9.17) is 4.74 Å². The normalized spacial score (nSPS) is 11.2. The molecule has 2 aromatic carbocycles. The molecule has 1 amide bonds. The summed E-state index contributed by atoms with van der Waals surface area (Å²) < 4.78 is 30.9. The van der Waals surface area contributed by atoms with Crippen LogP contribution in [0.5, 0.6) is 5.75 Å². The van der Waals surface area contributed by atoms with E-state index in [2.05, 4.69) is 10.0 Å². The van der Waals surface area contributed by atoms with E-state index in [-0.39, 0.29) is 17.2 Å². The summed E-state index contributed by atoms with van der Waals surface area (Å²) in [6, 6.07) is 12.1. The van der Waals surface area contributed by atoms with Gasteiger partial charge in [0.25, 0.3) is 0 Å². The second-order valence-corrected chi connectivity index (χ2v) is 7.49. The number of nitrogens with one attached hydrogen (secondary N) is 2. The molecule has 25 heavy (non-hydrogen) atoms. The summed E-state index contributed by atoms with van der Waals surface area (Å²) in [5.41, 5.74) is 2.56. The Hall–Kier alpha value is -2.38. The first-order valence-electron chi connectivity index (χ1n) is 7.82. The van der Waals surface area contributed by atoms with E-state index in [1.807, 2.05) is 25.1 Å². The van der Waals surface area contributed by atoms with Gasteiger partial charge in [-0.1, -0.05) is 18.2 Å². The molecule has 0 fully saturated rings. The van der Waals surface area contributed by atoms with E-state index in [0.29, 0.717) is 17.9 Å². The molecule has 0 bridgehead atoms. The van der Waals surface area contributed by atoms with Crippen molar-refractivity contribution < 1.29 is 17.9 Å². The van der Waals surface area contributed by atoms with Gasteiger partial charge in [-0.15, -0.1) is 0 Å². The molecule has 134 valence electrons. The number of aryl methyl sites for hydroxylation is 2. The van der Waals surface area contributed by atoms with Gasteiger partial charge in [-0.05, 0) is 55.8 Å². The predicted molar refractivity (Wildman–Crippen MR) is 97.4 cm³/mol. The molecule has 0 saturated heterocycles. The molecule has 0 unspecified atom stereocenters. The minimum atomic E-state index is -3.44. The van der Waals surface area contributed by atoms with Gasteiger partial charge in [0.1, 0.15) is 5.75 Å². The largest absolute Gasteiger partial charge is 0.495 e. The Kier molecular flexibility index (Phi) is 6.17. The molecule has 0 aliphatic heterocycles. The third kappa shape index (κ3) is 5.04. The number of rotatable bonds is 7. The Morgan fingerprint density at radius 2 is 1.80 bits per heavy atom. The van der Waals surface area contributed by atoms with Crippen molar-refractivity contribution in [3.8, 4) is 5.75 Å². The molecule has 0 aromatic heterocycles. The van der Waals surface area contributed by atoms with Crippen LogP contribution in [0.15, 0.2) is 47.4 Å². The van der Waals surface area contributed by atoms with Crippen LogP contribution in [0.1, 0.15) is 17.5 Å². The highest BCUT2D eigenvalue weighted by Crippen LogP contribution is 2.25. The van der Waals surface area contributed by atoms with Crippen molar-refractivity contribution in [2.45, 2.75) is 24.7 Å². The lowest BCUT2D eigenvalue weighted by Gasteiger charge is -2.11. The first-order chi connectivity index (χ1) is 11.9. The highest BCUT2D eigenvalue weighted by atomic mass is 32.2. The number of sulfonamides is 1. The highest BCUT2D eigenvalue weighted by Gasteiger charge is 2.11. The van der Waals surface area contributed by atoms with Crippen molar-refractivity contribution >= 4 is 21.6 Å². The highest BCUT2D eigenvalue weighted by molar-refractivity contribution is 7.89. The predicted octanol–water partition coefficient (Wildman–Crippen LogP) is 2.48. The van der Waals surface area contributed by atoms with Gasteiger partial charge < -0.3 is 10.1 Å². The van der Waals surface area contributed by atoms with Crippen molar-refractivity contribution in [3.05, 3.63) is 53.6 Å². The van der Waals surface area contributed by atoms with E-state index in [0.717, 1.165) is 11.1 Å². The standard InChI is InChI=1S/C18H22N2O4S/c1-13-4-10-17(24-3)16(12-13)20-18(21)11-7-14-5-8-15(9-6-14)25(22,23)19-2/h4-6,8-10,12,19H,7,11H2,1-3H3,(H,20,21). The fourth-order valence-corrected chi connectivity index (χ4v) is 3.07. The van der Waals surface area contributed by atoms with E-state index in [1.165, 1.54) is 19.2 Å².